The van der Waals surface area contributed by atoms with Crippen molar-refractivity contribution < 1.29 is 4.79 Å². The number of halogens is 2. The van der Waals surface area contributed by atoms with Gasteiger partial charge in [-0.2, -0.15) is 0 Å². The van der Waals surface area contributed by atoms with E-state index in [0.717, 1.165) is 13.1 Å². The summed E-state index contributed by atoms with van der Waals surface area (Å²) in [5.74, 6) is 0.960. The number of hydrogen-bond acceptors (Lipinski definition) is 1. The van der Waals surface area contributed by atoms with Crippen molar-refractivity contribution in [3.63, 3.8) is 0 Å². The Morgan fingerprint density at radius 3 is 2.15 bits per heavy atom. The third kappa shape index (κ3) is 3.03. The molecule has 0 spiro atoms. The van der Waals surface area contributed by atoms with E-state index in [2.05, 4.69) is 13.8 Å². The fourth-order valence-electron chi connectivity index (χ4n) is 1.98. The molecule has 1 fully saturated rings. The monoisotopic (exact) mass is 223 g/mol. The number of nitrogens with zero attached hydrogens (tertiary/aromatic N) is 1. The van der Waals surface area contributed by atoms with Crippen molar-refractivity contribution in [1.29, 1.82) is 0 Å². The Balaban J connectivity index is 2.55. The first-order chi connectivity index (χ1) is 6.00. The van der Waals surface area contributed by atoms with Crippen LogP contribution in [0.2, 0.25) is 0 Å². The molecule has 0 saturated carbocycles. The molecule has 0 aromatic rings. The second-order valence-electron chi connectivity index (χ2n) is 3.99. The average molecular weight is 224 g/mol. The van der Waals surface area contributed by atoms with Gasteiger partial charge in [-0.1, -0.05) is 37.0 Å². The van der Waals surface area contributed by atoms with Crippen LogP contribution in [0.3, 0.4) is 0 Å². The average Bonchev–Trinajstić information content (AvgIpc) is 2.01. The van der Waals surface area contributed by atoms with E-state index in [1.54, 1.807) is 4.90 Å². The summed E-state index contributed by atoms with van der Waals surface area (Å²) >= 11 is 11.1. The first-order valence-corrected chi connectivity index (χ1v) is 5.45. The van der Waals surface area contributed by atoms with E-state index in [9.17, 15) is 4.79 Å². The predicted octanol–water partition coefficient (Wildman–Crippen LogP) is 2.29. The van der Waals surface area contributed by atoms with Gasteiger partial charge >= 0.3 is 0 Å². The molecule has 1 heterocycles. The summed E-state index contributed by atoms with van der Waals surface area (Å²) in [4.78, 5) is 12.3. The molecule has 0 bridgehead atoms. The maximum atomic E-state index is 11.5. The van der Waals surface area contributed by atoms with E-state index in [-0.39, 0.29) is 5.91 Å². The van der Waals surface area contributed by atoms with Gasteiger partial charge in [0.15, 0.2) is 4.84 Å². The Hall–Kier alpha value is 0.0500. The Morgan fingerprint density at radius 1 is 1.31 bits per heavy atom. The van der Waals surface area contributed by atoms with E-state index in [0.29, 0.717) is 11.8 Å². The molecule has 1 amide bonds. The second kappa shape index (κ2) is 4.52. The molecular weight excluding hydrogens is 209 g/mol. The van der Waals surface area contributed by atoms with Crippen molar-refractivity contribution in [1.82, 2.24) is 4.90 Å². The normalized spacial score (nSPS) is 29.5. The molecule has 1 aliphatic rings. The molecular formula is C9H15Cl2NO. The summed E-state index contributed by atoms with van der Waals surface area (Å²) in [5.41, 5.74) is 0. The van der Waals surface area contributed by atoms with Crippen LogP contribution in [0.5, 0.6) is 0 Å². The minimum atomic E-state index is -0.905. The van der Waals surface area contributed by atoms with Gasteiger partial charge in [0.1, 0.15) is 0 Å². The molecule has 0 aromatic heterocycles. The standard InChI is InChI=1S/C9H15Cl2NO/c1-6-3-7(2)5-12(4-6)9(13)8(10)11/h6-8H,3-5H2,1-2H3/t6-,7-/m0/s1. The molecule has 1 rings (SSSR count). The van der Waals surface area contributed by atoms with Crippen LogP contribution in [-0.4, -0.2) is 28.7 Å². The van der Waals surface area contributed by atoms with Gasteiger partial charge in [0.05, 0.1) is 0 Å². The molecule has 76 valence electrons. The maximum Gasteiger partial charge on any atom is 0.255 e. The van der Waals surface area contributed by atoms with E-state index < -0.39 is 4.84 Å². The molecule has 1 aliphatic heterocycles. The van der Waals surface area contributed by atoms with E-state index in [1.165, 1.54) is 6.42 Å². The highest BCUT2D eigenvalue weighted by atomic mass is 35.5. The fourth-order valence-corrected chi connectivity index (χ4v) is 2.26. The number of hydrogen-bond donors (Lipinski definition) is 0. The number of piperidine rings is 1. The molecule has 1 saturated heterocycles. The first kappa shape index (κ1) is 11.1. The summed E-state index contributed by atoms with van der Waals surface area (Å²) in [5, 5.41) is 0. The Labute approximate surface area is 89.2 Å². The van der Waals surface area contributed by atoms with Crippen LogP contribution in [0, 0.1) is 11.8 Å². The van der Waals surface area contributed by atoms with Gasteiger partial charge in [-0.25, -0.2) is 0 Å². The highest BCUT2D eigenvalue weighted by molar-refractivity contribution is 6.53. The summed E-state index contributed by atoms with van der Waals surface area (Å²) < 4.78 is 0. The van der Waals surface area contributed by atoms with Crippen LogP contribution in [0.4, 0.5) is 0 Å². The Bertz CT molecular complexity index is 186. The van der Waals surface area contributed by atoms with E-state index >= 15 is 0 Å². The molecule has 2 atom stereocenters. The number of carbonyl (C=O) groups is 1. The summed E-state index contributed by atoms with van der Waals surface area (Å²) in [6.07, 6.45) is 1.18. The van der Waals surface area contributed by atoms with Gasteiger partial charge in [0.2, 0.25) is 0 Å². The zero-order chi connectivity index (χ0) is 10.0. The summed E-state index contributed by atoms with van der Waals surface area (Å²) in [6.45, 7) is 5.87. The second-order valence-corrected chi connectivity index (χ2v) is 5.09. The number of likely N-dealkylation sites (tertiary alicyclic amines) is 1. The highest BCUT2D eigenvalue weighted by Crippen LogP contribution is 2.22. The van der Waals surface area contributed by atoms with Gasteiger partial charge in [-0.15, -0.1) is 0 Å². The Morgan fingerprint density at radius 2 is 1.77 bits per heavy atom. The third-order valence-electron chi connectivity index (χ3n) is 2.37. The zero-order valence-corrected chi connectivity index (χ0v) is 9.48. The molecule has 2 nitrogen and oxygen atoms in total. The van der Waals surface area contributed by atoms with Gasteiger partial charge in [-0.3, -0.25) is 4.79 Å². The molecule has 0 aliphatic carbocycles. The molecule has 0 N–H and O–H groups in total. The van der Waals surface area contributed by atoms with Crippen LogP contribution in [0.15, 0.2) is 0 Å². The van der Waals surface area contributed by atoms with Crippen LogP contribution < -0.4 is 0 Å². The van der Waals surface area contributed by atoms with Crippen LogP contribution >= 0.6 is 23.2 Å². The first-order valence-electron chi connectivity index (χ1n) is 4.57. The fraction of sp³-hybridized carbons (Fsp3) is 0.889. The lowest BCUT2D eigenvalue weighted by atomic mass is 9.92. The number of alkyl halides is 2. The van der Waals surface area contributed by atoms with Crippen molar-refractivity contribution in [3.05, 3.63) is 0 Å². The lowest BCUT2D eigenvalue weighted by molar-refractivity contribution is -0.131. The van der Waals surface area contributed by atoms with Crippen LogP contribution in [0.25, 0.3) is 0 Å². The Kier molecular flexibility index (Phi) is 3.87. The van der Waals surface area contributed by atoms with Gasteiger partial charge in [0, 0.05) is 13.1 Å². The van der Waals surface area contributed by atoms with Gasteiger partial charge in [-0.05, 0) is 18.3 Å². The highest BCUT2D eigenvalue weighted by Gasteiger charge is 2.27. The maximum absolute atomic E-state index is 11.5. The summed E-state index contributed by atoms with van der Waals surface area (Å²) in [6, 6.07) is 0. The smallest absolute Gasteiger partial charge is 0.255 e. The van der Waals surface area contributed by atoms with E-state index in [4.69, 9.17) is 23.2 Å². The number of rotatable bonds is 1. The molecule has 4 heteroatoms. The third-order valence-corrected chi connectivity index (χ3v) is 2.74. The van der Waals surface area contributed by atoms with Crippen LogP contribution in [0.1, 0.15) is 20.3 Å². The SMILES string of the molecule is C[C@H]1C[C@H](C)CN(C(=O)C(Cl)Cl)C1. The van der Waals surface area contributed by atoms with E-state index in [1.807, 2.05) is 0 Å². The van der Waals surface area contributed by atoms with Gasteiger partial charge < -0.3 is 4.90 Å². The largest absolute Gasteiger partial charge is 0.340 e. The minimum absolute atomic E-state index is 0.151. The predicted molar refractivity (Wildman–Crippen MR) is 55.0 cm³/mol. The van der Waals surface area contributed by atoms with Crippen molar-refractivity contribution in [2.24, 2.45) is 11.8 Å². The minimum Gasteiger partial charge on any atom is -0.340 e. The molecule has 0 unspecified atom stereocenters. The quantitative estimate of drug-likeness (QED) is 0.626. The van der Waals surface area contributed by atoms with Gasteiger partial charge in [0.25, 0.3) is 5.91 Å². The lowest BCUT2D eigenvalue weighted by Gasteiger charge is -2.35. The van der Waals surface area contributed by atoms with Crippen molar-refractivity contribution >= 4 is 29.1 Å². The molecule has 13 heavy (non-hydrogen) atoms. The summed E-state index contributed by atoms with van der Waals surface area (Å²) in [7, 11) is 0. The topological polar surface area (TPSA) is 20.3 Å². The van der Waals surface area contributed by atoms with Crippen molar-refractivity contribution in [3.8, 4) is 0 Å². The van der Waals surface area contributed by atoms with Crippen molar-refractivity contribution in [2.45, 2.75) is 25.1 Å². The van der Waals surface area contributed by atoms with Crippen LogP contribution in [-0.2, 0) is 4.79 Å². The number of carbonyl (C=O) groups excluding carboxylic acids is 1. The lowest BCUT2D eigenvalue weighted by Crippen LogP contribution is -2.44. The molecule has 0 aromatic carbocycles. The zero-order valence-electron chi connectivity index (χ0n) is 7.96. The van der Waals surface area contributed by atoms with Crippen molar-refractivity contribution in [2.75, 3.05) is 13.1 Å². The molecule has 0 radical (unpaired) electrons. The number of amides is 1.